The fourth-order valence-corrected chi connectivity index (χ4v) is 3.47. The van der Waals surface area contributed by atoms with E-state index < -0.39 is 24.6 Å². The minimum absolute atomic E-state index is 0.0195. The summed E-state index contributed by atoms with van der Waals surface area (Å²) >= 11 is 0. The molecule has 1 aliphatic rings. The van der Waals surface area contributed by atoms with Gasteiger partial charge in [-0.15, -0.1) is 0 Å². The summed E-state index contributed by atoms with van der Waals surface area (Å²) in [7, 11) is 1.48. The van der Waals surface area contributed by atoms with E-state index >= 15 is 0 Å². The van der Waals surface area contributed by atoms with Crippen LogP contribution in [0, 0.1) is 0 Å². The van der Waals surface area contributed by atoms with Crippen molar-refractivity contribution in [1.29, 1.82) is 0 Å². The van der Waals surface area contributed by atoms with Crippen LogP contribution >= 0.6 is 0 Å². The molecule has 0 spiro atoms. The number of fused-ring (bicyclic) bond motifs is 2. The molecule has 0 saturated carbocycles. The van der Waals surface area contributed by atoms with Gasteiger partial charge in [0, 0.05) is 12.4 Å². The minimum Gasteiger partial charge on any atom is -0.506 e. The molecule has 1 unspecified atom stereocenters. The number of nitrogens with one attached hydrogen (secondary N) is 1. The molecule has 8 nitrogen and oxygen atoms in total. The van der Waals surface area contributed by atoms with Crippen LogP contribution in [0.2, 0.25) is 0 Å². The van der Waals surface area contributed by atoms with Crippen molar-refractivity contribution in [3.05, 3.63) is 66.2 Å². The SMILES string of the molecule is CNC(=O)C1CN(C(=O)COC(=O)c2ccc3ccccc3c2O)c2ccccc2O1. The van der Waals surface area contributed by atoms with E-state index in [1.54, 1.807) is 42.5 Å². The molecule has 2 N–H and O–H groups in total. The molecule has 0 bridgehead atoms. The highest BCUT2D eigenvalue weighted by Gasteiger charge is 2.33. The van der Waals surface area contributed by atoms with Gasteiger partial charge in [0.2, 0.25) is 0 Å². The lowest BCUT2D eigenvalue weighted by atomic mass is 10.1. The Bertz CT molecular complexity index is 1180. The summed E-state index contributed by atoms with van der Waals surface area (Å²) in [4.78, 5) is 38.8. The molecular weight excluding hydrogens is 400 g/mol. The number of nitrogens with zero attached hydrogens (tertiary/aromatic N) is 1. The standard InChI is InChI=1S/C23H20N2O6/c1-24-22(28)19-12-25(17-8-4-5-9-18(17)31-19)20(26)13-30-23(29)16-11-10-14-6-2-3-7-15(14)21(16)27/h2-11,19,27H,12-13H2,1H3,(H,24,28). The number of phenols is 1. The molecular formula is C23H20N2O6. The highest BCUT2D eigenvalue weighted by atomic mass is 16.5. The normalized spacial score (nSPS) is 15.0. The molecule has 0 aliphatic carbocycles. The number of esters is 1. The third-order valence-electron chi connectivity index (χ3n) is 5.06. The van der Waals surface area contributed by atoms with Gasteiger partial charge in [-0.05, 0) is 23.6 Å². The van der Waals surface area contributed by atoms with Gasteiger partial charge < -0.3 is 24.8 Å². The maximum atomic E-state index is 12.8. The molecule has 158 valence electrons. The van der Waals surface area contributed by atoms with E-state index in [9.17, 15) is 19.5 Å². The van der Waals surface area contributed by atoms with Crippen LogP contribution in [-0.4, -0.2) is 49.2 Å². The first-order chi connectivity index (χ1) is 15.0. The quantitative estimate of drug-likeness (QED) is 0.628. The number of ether oxygens (including phenoxy) is 2. The summed E-state index contributed by atoms with van der Waals surface area (Å²) in [5.41, 5.74) is 0.453. The first kappa shape index (κ1) is 20.2. The predicted octanol–water partition coefficient (Wildman–Crippen LogP) is 2.24. The maximum absolute atomic E-state index is 12.8. The van der Waals surface area contributed by atoms with E-state index in [2.05, 4.69) is 5.32 Å². The number of amides is 2. The largest absolute Gasteiger partial charge is 0.506 e. The van der Waals surface area contributed by atoms with Crippen molar-refractivity contribution >= 4 is 34.2 Å². The molecule has 0 aromatic heterocycles. The molecule has 3 aromatic rings. The highest BCUT2D eigenvalue weighted by molar-refractivity contribution is 6.03. The van der Waals surface area contributed by atoms with Crippen molar-refractivity contribution in [2.45, 2.75) is 6.10 Å². The molecule has 3 aromatic carbocycles. The van der Waals surface area contributed by atoms with Crippen molar-refractivity contribution in [2.75, 3.05) is 25.1 Å². The number of carbonyl (C=O) groups excluding carboxylic acids is 3. The van der Waals surface area contributed by atoms with E-state index in [1.165, 1.54) is 18.0 Å². The number of hydrogen-bond acceptors (Lipinski definition) is 6. The number of para-hydroxylation sites is 2. The second-order valence-corrected chi connectivity index (χ2v) is 6.95. The van der Waals surface area contributed by atoms with Crippen LogP contribution in [0.25, 0.3) is 10.8 Å². The third-order valence-corrected chi connectivity index (χ3v) is 5.06. The summed E-state index contributed by atoms with van der Waals surface area (Å²) in [5, 5.41) is 14.2. The van der Waals surface area contributed by atoms with Crippen LogP contribution in [0.15, 0.2) is 60.7 Å². The third kappa shape index (κ3) is 3.87. The predicted molar refractivity (Wildman–Crippen MR) is 113 cm³/mol. The number of phenolic OH excluding ortho intramolecular Hbond substituents is 1. The first-order valence-corrected chi connectivity index (χ1v) is 9.65. The molecule has 0 fully saturated rings. The monoisotopic (exact) mass is 420 g/mol. The fraction of sp³-hybridized carbons (Fsp3) is 0.174. The zero-order valence-corrected chi connectivity index (χ0v) is 16.7. The molecule has 1 aliphatic heterocycles. The molecule has 8 heteroatoms. The molecule has 2 amide bonds. The van der Waals surface area contributed by atoms with E-state index in [-0.39, 0.29) is 23.8 Å². The number of carbonyl (C=O) groups is 3. The zero-order valence-electron chi connectivity index (χ0n) is 16.7. The number of likely N-dealkylation sites (N-methyl/N-ethyl adjacent to an activating group) is 1. The minimum atomic E-state index is -0.885. The molecule has 0 saturated heterocycles. The second kappa shape index (κ2) is 8.35. The van der Waals surface area contributed by atoms with E-state index in [0.717, 1.165) is 5.39 Å². The van der Waals surface area contributed by atoms with E-state index in [0.29, 0.717) is 16.8 Å². The first-order valence-electron chi connectivity index (χ1n) is 9.65. The Labute approximate surface area is 178 Å². The lowest BCUT2D eigenvalue weighted by Gasteiger charge is -2.33. The highest BCUT2D eigenvalue weighted by Crippen LogP contribution is 2.33. The van der Waals surface area contributed by atoms with Crippen LogP contribution in [0.3, 0.4) is 0 Å². The smallest absolute Gasteiger partial charge is 0.342 e. The number of aromatic hydroxyl groups is 1. The van der Waals surface area contributed by atoms with Crippen LogP contribution in [0.4, 0.5) is 5.69 Å². The average Bonchev–Trinajstić information content (AvgIpc) is 2.81. The van der Waals surface area contributed by atoms with Gasteiger partial charge in [0.25, 0.3) is 11.8 Å². The number of anilines is 1. The Morgan fingerprint density at radius 1 is 1.10 bits per heavy atom. The lowest BCUT2D eigenvalue weighted by molar-refractivity contribution is -0.128. The molecule has 31 heavy (non-hydrogen) atoms. The summed E-state index contributed by atoms with van der Waals surface area (Å²) in [5.74, 6) is -1.52. The topological polar surface area (TPSA) is 105 Å². The van der Waals surface area contributed by atoms with Gasteiger partial charge in [-0.25, -0.2) is 4.79 Å². The Hall–Kier alpha value is -4.07. The van der Waals surface area contributed by atoms with Gasteiger partial charge in [-0.2, -0.15) is 0 Å². The van der Waals surface area contributed by atoms with Crippen molar-refractivity contribution in [3.8, 4) is 11.5 Å². The summed E-state index contributed by atoms with van der Waals surface area (Å²) < 4.78 is 10.8. The van der Waals surface area contributed by atoms with Gasteiger partial charge in [0.1, 0.15) is 17.1 Å². The van der Waals surface area contributed by atoms with Crippen molar-refractivity contribution < 1.29 is 29.0 Å². The second-order valence-electron chi connectivity index (χ2n) is 6.95. The summed E-state index contributed by atoms with van der Waals surface area (Å²) in [6.45, 7) is -0.575. The van der Waals surface area contributed by atoms with Crippen molar-refractivity contribution in [3.63, 3.8) is 0 Å². The molecule has 1 heterocycles. The Kier molecular flexibility index (Phi) is 5.44. The average molecular weight is 420 g/mol. The van der Waals surface area contributed by atoms with Crippen molar-refractivity contribution in [1.82, 2.24) is 5.32 Å². The van der Waals surface area contributed by atoms with Gasteiger partial charge in [-0.3, -0.25) is 9.59 Å². The van der Waals surface area contributed by atoms with E-state index in [1.807, 2.05) is 12.1 Å². The number of benzene rings is 3. The Morgan fingerprint density at radius 3 is 2.65 bits per heavy atom. The van der Waals surface area contributed by atoms with Crippen LogP contribution < -0.4 is 15.0 Å². The Morgan fingerprint density at radius 2 is 1.84 bits per heavy atom. The summed E-state index contributed by atoms with van der Waals surface area (Å²) in [6.07, 6.45) is -0.885. The molecule has 1 atom stereocenters. The zero-order chi connectivity index (χ0) is 22.0. The number of rotatable bonds is 4. The van der Waals surface area contributed by atoms with Gasteiger partial charge in [0.15, 0.2) is 12.7 Å². The van der Waals surface area contributed by atoms with Gasteiger partial charge >= 0.3 is 5.97 Å². The van der Waals surface area contributed by atoms with E-state index in [4.69, 9.17) is 9.47 Å². The van der Waals surface area contributed by atoms with Crippen molar-refractivity contribution in [2.24, 2.45) is 0 Å². The Balaban J connectivity index is 1.51. The van der Waals surface area contributed by atoms with Gasteiger partial charge in [-0.1, -0.05) is 42.5 Å². The molecule has 0 radical (unpaired) electrons. The maximum Gasteiger partial charge on any atom is 0.342 e. The lowest BCUT2D eigenvalue weighted by Crippen LogP contribution is -2.51. The van der Waals surface area contributed by atoms with Crippen LogP contribution in [0.5, 0.6) is 11.5 Å². The van der Waals surface area contributed by atoms with Crippen LogP contribution in [0.1, 0.15) is 10.4 Å². The fourth-order valence-electron chi connectivity index (χ4n) is 3.47. The molecule has 4 rings (SSSR count). The summed E-state index contributed by atoms with van der Waals surface area (Å²) in [6, 6.07) is 17.0. The van der Waals surface area contributed by atoms with Gasteiger partial charge in [0.05, 0.1) is 12.2 Å². The number of hydrogen-bond donors (Lipinski definition) is 2. The van der Waals surface area contributed by atoms with Crippen LogP contribution in [-0.2, 0) is 14.3 Å².